The van der Waals surface area contributed by atoms with Crippen molar-refractivity contribution in [3.05, 3.63) is 59.4 Å². The highest BCUT2D eigenvalue weighted by Crippen LogP contribution is 2.27. The van der Waals surface area contributed by atoms with Crippen LogP contribution in [0.25, 0.3) is 0 Å². The largest absolute Gasteiger partial charge is 0.376 e. The number of nitrogens with zero attached hydrogens (tertiary/aromatic N) is 2. The molecular formula is C21H23N3O3. The lowest BCUT2D eigenvalue weighted by molar-refractivity contribution is 0.0857. The van der Waals surface area contributed by atoms with E-state index >= 15 is 0 Å². The Bertz CT molecular complexity index is 846. The number of ether oxygens (including phenoxy) is 1. The van der Waals surface area contributed by atoms with Gasteiger partial charge in [0.25, 0.3) is 11.8 Å². The number of aryl methyl sites for hydroxylation is 1. The van der Waals surface area contributed by atoms with Gasteiger partial charge in [-0.05, 0) is 49.4 Å². The lowest BCUT2D eigenvalue weighted by Gasteiger charge is -2.29. The number of para-hydroxylation sites is 1. The van der Waals surface area contributed by atoms with Crippen LogP contribution >= 0.6 is 0 Å². The fraction of sp³-hybridized carbons (Fsp3) is 0.381. The van der Waals surface area contributed by atoms with E-state index in [2.05, 4.69) is 16.4 Å². The highest BCUT2D eigenvalue weighted by molar-refractivity contribution is 6.07. The third kappa shape index (κ3) is 3.85. The highest BCUT2D eigenvalue weighted by atomic mass is 16.5. The van der Waals surface area contributed by atoms with Crippen LogP contribution in [0.15, 0.2) is 42.6 Å². The molecule has 0 saturated carbocycles. The SMILES string of the molecule is O=C(NCC1CCCO1)c1ccnc(C(=O)N2CCCc3ccccc32)c1. The summed E-state index contributed by atoms with van der Waals surface area (Å²) in [6.07, 6.45) is 5.50. The number of rotatable bonds is 4. The van der Waals surface area contributed by atoms with Gasteiger partial charge in [-0.15, -0.1) is 0 Å². The molecule has 1 fully saturated rings. The lowest BCUT2D eigenvalue weighted by atomic mass is 10.0. The number of benzene rings is 1. The molecule has 2 aliphatic rings. The van der Waals surface area contributed by atoms with Crippen LogP contribution in [0, 0.1) is 0 Å². The second kappa shape index (κ2) is 7.88. The standard InChI is InChI=1S/C21H23N3O3/c25-20(23-14-17-7-4-12-27-17)16-9-10-22-18(13-16)21(26)24-11-3-6-15-5-1-2-8-19(15)24/h1-2,5,8-10,13,17H,3-4,6-7,11-12,14H2,(H,23,25). The maximum absolute atomic E-state index is 13.0. The van der Waals surface area contributed by atoms with E-state index in [1.165, 1.54) is 11.8 Å². The first-order chi connectivity index (χ1) is 13.2. The molecule has 140 valence electrons. The molecule has 1 N–H and O–H groups in total. The number of fused-ring (bicyclic) bond motifs is 1. The Kier molecular flexibility index (Phi) is 5.16. The highest BCUT2D eigenvalue weighted by Gasteiger charge is 2.25. The van der Waals surface area contributed by atoms with Crippen LogP contribution in [0.2, 0.25) is 0 Å². The van der Waals surface area contributed by atoms with Gasteiger partial charge in [0.2, 0.25) is 0 Å². The van der Waals surface area contributed by atoms with E-state index in [1.807, 2.05) is 18.2 Å². The molecule has 0 radical (unpaired) electrons. The Balaban J connectivity index is 1.49. The summed E-state index contributed by atoms with van der Waals surface area (Å²) < 4.78 is 5.53. The Hall–Kier alpha value is -2.73. The number of carbonyl (C=O) groups excluding carboxylic acids is 2. The van der Waals surface area contributed by atoms with E-state index in [0.29, 0.717) is 18.7 Å². The second-order valence-electron chi connectivity index (χ2n) is 6.96. The van der Waals surface area contributed by atoms with Gasteiger partial charge in [0.1, 0.15) is 5.69 Å². The topological polar surface area (TPSA) is 71.5 Å². The zero-order chi connectivity index (χ0) is 18.6. The van der Waals surface area contributed by atoms with Crippen molar-refractivity contribution in [2.24, 2.45) is 0 Å². The number of carbonyl (C=O) groups is 2. The molecule has 27 heavy (non-hydrogen) atoms. The predicted octanol–water partition coefficient (Wildman–Crippen LogP) is 2.58. The fourth-order valence-electron chi connectivity index (χ4n) is 3.69. The van der Waals surface area contributed by atoms with Crippen LogP contribution in [0.4, 0.5) is 5.69 Å². The molecule has 1 saturated heterocycles. The molecule has 1 aromatic heterocycles. The molecule has 0 bridgehead atoms. The minimum Gasteiger partial charge on any atom is -0.376 e. The number of hydrogen-bond acceptors (Lipinski definition) is 4. The summed E-state index contributed by atoms with van der Waals surface area (Å²) in [6.45, 7) is 1.91. The Morgan fingerprint density at radius 3 is 2.96 bits per heavy atom. The third-order valence-corrected chi connectivity index (χ3v) is 5.11. The van der Waals surface area contributed by atoms with Crippen LogP contribution in [0.1, 0.15) is 45.7 Å². The van der Waals surface area contributed by atoms with Gasteiger partial charge in [-0.1, -0.05) is 18.2 Å². The molecule has 0 aliphatic carbocycles. The maximum Gasteiger partial charge on any atom is 0.276 e. The zero-order valence-corrected chi connectivity index (χ0v) is 15.2. The molecule has 6 heteroatoms. The summed E-state index contributed by atoms with van der Waals surface area (Å²) in [5, 5.41) is 2.89. The van der Waals surface area contributed by atoms with Crippen molar-refractivity contribution in [1.29, 1.82) is 0 Å². The van der Waals surface area contributed by atoms with Gasteiger partial charge in [0.15, 0.2) is 0 Å². The number of nitrogens with one attached hydrogen (secondary N) is 1. The normalized spacial score (nSPS) is 18.8. The molecule has 6 nitrogen and oxygen atoms in total. The number of amides is 2. The molecular weight excluding hydrogens is 342 g/mol. The third-order valence-electron chi connectivity index (χ3n) is 5.11. The Morgan fingerprint density at radius 2 is 2.11 bits per heavy atom. The summed E-state index contributed by atoms with van der Waals surface area (Å²) in [4.78, 5) is 31.4. The second-order valence-corrected chi connectivity index (χ2v) is 6.96. The summed E-state index contributed by atoms with van der Waals surface area (Å²) in [6, 6.07) is 11.1. The van der Waals surface area contributed by atoms with Crippen molar-refractivity contribution in [1.82, 2.24) is 10.3 Å². The first-order valence-electron chi connectivity index (χ1n) is 9.48. The quantitative estimate of drug-likeness (QED) is 0.904. The van der Waals surface area contributed by atoms with Gasteiger partial charge >= 0.3 is 0 Å². The molecule has 2 aliphatic heterocycles. The van der Waals surface area contributed by atoms with Crippen molar-refractivity contribution in [3.63, 3.8) is 0 Å². The van der Waals surface area contributed by atoms with Crippen molar-refractivity contribution in [2.45, 2.75) is 31.8 Å². The average molecular weight is 365 g/mol. The van der Waals surface area contributed by atoms with Crippen LogP contribution < -0.4 is 10.2 Å². The maximum atomic E-state index is 13.0. The van der Waals surface area contributed by atoms with Gasteiger partial charge < -0.3 is 15.0 Å². The number of pyridine rings is 1. The number of hydrogen-bond donors (Lipinski definition) is 1. The summed E-state index contributed by atoms with van der Waals surface area (Å²) in [5.74, 6) is -0.378. The molecule has 0 spiro atoms. The predicted molar refractivity (Wildman–Crippen MR) is 102 cm³/mol. The summed E-state index contributed by atoms with van der Waals surface area (Å²) >= 11 is 0. The molecule has 1 unspecified atom stereocenters. The van der Waals surface area contributed by atoms with E-state index in [1.54, 1.807) is 17.0 Å². The van der Waals surface area contributed by atoms with Crippen LogP contribution in [0.5, 0.6) is 0 Å². The van der Waals surface area contributed by atoms with Crippen LogP contribution in [0.3, 0.4) is 0 Å². The van der Waals surface area contributed by atoms with E-state index in [-0.39, 0.29) is 23.6 Å². The van der Waals surface area contributed by atoms with Crippen molar-refractivity contribution >= 4 is 17.5 Å². The average Bonchev–Trinajstić information content (AvgIpc) is 3.25. The molecule has 1 atom stereocenters. The number of aromatic nitrogens is 1. The first-order valence-corrected chi connectivity index (χ1v) is 9.48. The molecule has 4 rings (SSSR count). The van der Waals surface area contributed by atoms with E-state index in [9.17, 15) is 9.59 Å². The van der Waals surface area contributed by atoms with Crippen molar-refractivity contribution in [3.8, 4) is 0 Å². The van der Waals surface area contributed by atoms with Gasteiger partial charge in [0.05, 0.1) is 6.10 Å². The van der Waals surface area contributed by atoms with Gasteiger partial charge in [-0.25, -0.2) is 0 Å². The fourth-order valence-corrected chi connectivity index (χ4v) is 3.69. The van der Waals surface area contributed by atoms with Gasteiger partial charge in [-0.2, -0.15) is 0 Å². The molecule has 2 amide bonds. The van der Waals surface area contributed by atoms with E-state index < -0.39 is 0 Å². The van der Waals surface area contributed by atoms with E-state index in [0.717, 1.165) is 38.0 Å². The summed E-state index contributed by atoms with van der Waals surface area (Å²) in [7, 11) is 0. The molecule has 1 aromatic carbocycles. The van der Waals surface area contributed by atoms with Crippen molar-refractivity contribution < 1.29 is 14.3 Å². The Morgan fingerprint density at radius 1 is 1.22 bits per heavy atom. The number of anilines is 1. The van der Waals surface area contributed by atoms with E-state index in [4.69, 9.17) is 4.74 Å². The summed E-state index contributed by atoms with van der Waals surface area (Å²) in [5.41, 5.74) is 2.83. The molecule has 3 heterocycles. The monoisotopic (exact) mass is 365 g/mol. The van der Waals surface area contributed by atoms with Crippen molar-refractivity contribution in [2.75, 3.05) is 24.6 Å². The molecule has 2 aromatic rings. The minimum atomic E-state index is -0.207. The Labute approximate surface area is 158 Å². The smallest absolute Gasteiger partial charge is 0.276 e. The van der Waals surface area contributed by atoms with Crippen LogP contribution in [-0.4, -0.2) is 42.6 Å². The van der Waals surface area contributed by atoms with Gasteiger partial charge in [0, 0.05) is 37.1 Å². The minimum absolute atomic E-state index is 0.0849. The first kappa shape index (κ1) is 17.7. The zero-order valence-electron chi connectivity index (χ0n) is 15.2. The van der Waals surface area contributed by atoms with Gasteiger partial charge in [-0.3, -0.25) is 14.6 Å². The lowest BCUT2D eigenvalue weighted by Crippen LogP contribution is -2.36. The van der Waals surface area contributed by atoms with Crippen LogP contribution in [-0.2, 0) is 11.2 Å².